The Kier molecular flexibility index (Phi) is 7.53. The van der Waals surface area contributed by atoms with Crippen molar-refractivity contribution in [3.8, 4) is 11.5 Å². The summed E-state index contributed by atoms with van der Waals surface area (Å²) in [5.74, 6) is -2.00. The Labute approximate surface area is 161 Å². The summed E-state index contributed by atoms with van der Waals surface area (Å²) >= 11 is 0. The van der Waals surface area contributed by atoms with Crippen LogP contribution in [0.15, 0.2) is 53.6 Å². The lowest BCUT2D eigenvalue weighted by molar-refractivity contribution is -0.307. The van der Waals surface area contributed by atoms with E-state index in [1.165, 1.54) is 18.3 Å². The highest BCUT2D eigenvalue weighted by Gasteiger charge is 2.11. The first-order valence-corrected chi connectivity index (χ1v) is 8.15. The van der Waals surface area contributed by atoms with Crippen LogP contribution < -0.4 is 25.3 Å². The van der Waals surface area contributed by atoms with Crippen LogP contribution in [-0.4, -0.2) is 37.7 Å². The van der Waals surface area contributed by atoms with E-state index in [0.29, 0.717) is 17.1 Å². The molecule has 2 rings (SSSR count). The number of benzene rings is 2. The molecule has 0 aromatic heterocycles. The number of carbonyl (C=O) groups is 3. The number of amides is 2. The van der Waals surface area contributed by atoms with Gasteiger partial charge in [-0.1, -0.05) is 12.1 Å². The van der Waals surface area contributed by atoms with E-state index in [9.17, 15) is 19.5 Å². The average Bonchev–Trinajstić information content (AvgIpc) is 2.71. The van der Waals surface area contributed by atoms with E-state index < -0.39 is 24.4 Å². The van der Waals surface area contributed by atoms with Gasteiger partial charge in [-0.2, -0.15) is 5.10 Å². The van der Waals surface area contributed by atoms with Crippen LogP contribution in [0.5, 0.6) is 11.5 Å². The zero-order chi connectivity index (χ0) is 20.4. The third kappa shape index (κ3) is 6.79. The number of rotatable bonds is 8. The minimum atomic E-state index is -1.32. The van der Waals surface area contributed by atoms with Gasteiger partial charge in [-0.05, 0) is 47.5 Å². The van der Waals surface area contributed by atoms with E-state index in [1.807, 2.05) is 0 Å². The summed E-state index contributed by atoms with van der Waals surface area (Å²) in [6.07, 6.45) is 1.33. The molecule has 2 aromatic rings. The van der Waals surface area contributed by atoms with Gasteiger partial charge in [-0.15, -0.1) is 0 Å². The Morgan fingerprint density at radius 2 is 1.64 bits per heavy atom. The lowest BCUT2D eigenvalue weighted by atomic mass is 10.2. The number of hydrogen-bond acceptors (Lipinski definition) is 7. The van der Waals surface area contributed by atoms with Crippen molar-refractivity contribution in [1.82, 2.24) is 10.7 Å². The molecule has 0 saturated carbocycles. The van der Waals surface area contributed by atoms with E-state index in [0.717, 1.165) is 5.56 Å². The molecule has 2 aromatic carbocycles. The number of carboxylic acids is 1. The zero-order valence-electron chi connectivity index (χ0n) is 15.0. The van der Waals surface area contributed by atoms with Crippen LogP contribution in [0.2, 0.25) is 0 Å². The standard InChI is InChI=1S/C19H19N3O6/c1-27-15-6-2-13(3-7-15)10-20-18(25)19(26)22-21-11-14-4-8-16(9-5-14)28-12-17(23)24/h2-9,11H,10,12H2,1H3,(H,20,25)(H,22,26)(H,23,24)/p-1/b21-11-. The maximum atomic E-state index is 11.8. The number of hydrogen-bond donors (Lipinski definition) is 2. The number of nitrogens with zero attached hydrogens (tertiary/aromatic N) is 1. The number of methoxy groups -OCH3 is 1. The second kappa shape index (κ2) is 10.3. The molecule has 0 atom stereocenters. The van der Waals surface area contributed by atoms with Crippen LogP contribution >= 0.6 is 0 Å². The maximum absolute atomic E-state index is 11.8. The molecular weight excluding hydrogens is 366 g/mol. The normalized spacial score (nSPS) is 10.3. The molecule has 9 heteroatoms. The molecule has 0 saturated heterocycles. The van der Waals surface area contributed by atoms with Crippen molar-refractivity contribution >= 4 is 24.0 Å². The summed E-state index contributed by atoms with van der Waals surface area (Å²) in [4.78, 5) is 33.8. The molecule has 0 spiro atoms. The van der Waals surface area contributed by atoms with Crippen molar-refractivity contribution in [2.45, 2.75) is 6.54 Å². The molecule has 0 radical (unpaired) electrons. The van der Waals surface area contributed by atoms with Crippen molar-refractivity contribution < 1.29 is 29.0 Å². The molecular formula is C19H18N3O6-. The van der Waals surface area contributed by atoms with Crippen molar-refractivity contribution in [3.05, 3.63) is 59.7 Å². The largest absolute Gasteiger partial charge is 0.546 e. The minimum Gasteiger partial charge on any atom is -0.546 e. The lowest BCUT2D eigenvalue weighted by Gasteiger charge is -2.06. The van der Waals surface area contributed by atoms with E-state index in [1.54, 1.807) is 43.5 Å². The third-order valence-corrected chi connectivity index (χ3v) is 3.43. The quantitative estimate of drug-likeness (QED) is 0.362. The first-order chi connectivity index (χ1) is 13.5. The fraction of sp³-hybridized carbons (Fsp3) is 0.158. The molecule has 0 aliphatic rings. The van der Waals surface area contributed by atoms with Crippen LogP contribution in [0.3, 0.4) is 0 Å². The summed E-state index contributed by atoms with van der Waals surface area (Å²) in [7, 11) is 1.56. The Balaban J connectivity index is 1.76. The molecule has 0 fully saturated rings. The van der Waals surface area contributed by atoms with E-state index in [2.05, 4.69) is 15.8 Å². The summed E-state index contributed by atoms with van der Waals surface area (Å²) in [5, 5.41) is 16.5. The van der Waals surface area contributed by atoms with Gasteiger partial charge < -0.3 is 24.7 Å². The van der Waals surface area contributed by atoms with Gasteiger partial charge in [0.1, 0.15) is 18.1 Å². The molecule has 0 aliphatic heterocycles. The van der Waals surface area contributed by atoms with E-state index in [4.69, 9.17) is 9.47 Å². The Bertz CT molecular complexity index is 847. The number of hydrazone groups is 1. The van der Waals surface area contributed by atoms with Gasteiger partial charge in [0.2, 0.25) is 0 Å². The van der Waals surface area contributed by atoms with Gasteiger partial charge in [0, 0.05) is 6.54 Å². The summed E-state index contributed by atoms with van der Waals surface area (Å²) in [6.45, 7) is -0.359. The van der Waals surface area contributed by atoms with Gasteiger partial charge in [-0.25, -0.2) is 5.43 Å². The Morgan fingerprint density at radius 1 is 1.00 bits per heavy atom. The molecule has 2 N–H and O–H groups in total. The molecule has 146 valence electrons. The molecule has 0 bridgehead atoms. The second-order valence-electron chi connectivity index (χ2n) is 5.46. The topological polar surface area (TPSA) is 129 Å². The number of carboxylic acid groups (broad SMARTS) is 1. The van der Waals surface area contributed by atoms with Crippen molar-refractivity contribution in [2.75, 3.05) is 13.7 Å². The minimum absolute atomic E-state index is 0.188. The Morgan fingerprint density at radius 3 is 2.25 bits per heavy atom. The first-order valence-electron chi connectivity index (χ1n) is 8.15. The number of aliphatic carboxylic acids is 1. The summed E-state index contributed by atoms with van der Waals surface area (Å²) in [6, 6.07) is 13.3. The van der Waals surface area contributed by atoms with Gasteiger partial charge >= 0.3 is 11.8 Å². The van der Waals surface area contributed by atoms with Gasteiger partial charge in [-0.3, -0.25) is 9.59 Å². The Hall–Kier alpha value is -3.88. The fourth-order valence-electron chi connectivity index (χ4n) is 2.01. The van der Waals surface area contributed by atoms with Crippen LogP contribution in [0, 0.1) is 0 Å². The first kappa shape index (κ1) is 20.4. The molecule has 0 heterocycles. The van der Waals surface area contributed by atoms with Gasteiger partial charge in [0.05, 0.1) is 19.3 Å². The van der Waals surface area contributed by atoms with Crippen LogP contribution in [-0.2, 0) is 20.9 Å². The fourth-order valence-corrected chi connectivity index (χ4v) is 2.01. The summed E-state index contributed by atoms with van der Waals surface area (Å²) in [5.41, 5.74) is 3.54. The zero-order valence-corrected chi connectivity index (χ0v) is 15.0. The van der Waals surface area contributed by atoms with E-state index in [-0.39, 0.29) is 6.54 Å². The monoisotopic (exact) mass is 384 g/mol. The SMILES string of the molecule is COc1ccc(CNC(=O)C(=O)N/N=C\c2ccc(OCC(=O)[O-])cc2)cc1. The van der Waals surface area contributed by atoms with Crippen molar-refractivity contribution in [1.29, 1.82) is 0 Å². The van der Waals surface area contributed by atoms with Crippen LogP contribution in [0.4, 0.5) is 0 Å². The smallest absolute Gasteiger partial charge is 0.329 e. The molecule has 9 nitrogen and oxygen atoms in total. The molecule has 0 aliphatic carbocycles. The number of carbonyl (C=O) groups excluding carboxylic acids is 3. The van der Waals surface area contributed by atoms with E-state index >= 15 is 0 Å². The lowest BCUT2D eigenvalue weighted by Crippen LogP contribution is -2.37. The predicted octanol–water partition coefficient (Wildman–Crippen LogP) is -0.410. The maximum Gasteiger partial charge on any atom is 0.329 e. The molecule has 2 amide bonds. The predicted molar refractivity (Wildman–Crippen MR) is 97.5 cm³/mol. The average molecular weight is 384 g/mol. The van der Waals surface area contributed by atoms with Crippen LogP contribution in [0.1, 0.15) is 11.1 Å². The van der Waals surface area contributed by atoms with Gasteiger partial charge in [0.25, 0.3) is 0 Å². The van der Waals surface area contributed by atoms with Gasteiger partial charge in [0.15, 0.2) is 0 Å². The summed E-state index contributed by atoms with van der Waals surface area (Å²) < 4.78 is 9.98. The van der Waals surface area contributed by atoms with Crippen molar-refractivity contribution in [3.63, 3.8) is 0 Å². The van der Waals surface area contributed by atoms with Crippen LogP contribution in [0.25, 0.3) is 0 Å². The number of ether oxygens (including phenoxy) is 2. The molecule has 28 heavy (non-hydrogen) atoms. The second-order valence-corrected chi connectivity index (χ2v) is 5.46. The number of nitrogens with one attached hydrogen (secondary N) is 2. The van der Waals surface area contributed by atoms with Crippen molar-refractivity contribution in [2.24, 2.45) is 5.10 Å². The highest BCUT2D eigenvalue weighted by Crippen LogP contribution is 2.11. The highest BCUT2D eigenvalue weighted by atomic mass is 16.5. The molecule has 0 unspecified atom stereocenters. The highest BCUT2D eigenvalue weighted by molar-refractivity contribution is 6.35. The third-order valence-electron chi connectivity index (χ3n) is 3.43.